The van der Waals surface area contributed by atoms with Crippen LogP contribution in [-0.4, -0.2) is 70.6 Å². The van der Waals surface area contributed by atoms with Gasteiger partial charge in [-0.1, -0.05) is 31.9 Å². The summed E-state index contributed by atoms with van der Waals surface area (Å²) in [5.41, 5.74) is 2.29. The van der Waals surface area contributed by atoms with E-state index < -0.39 is 9.84 Å². The van der Waals surface area contributed by atoms with Gasteiger partial charge in [0.05, 0.1) is 18.1 Å². The van der Waals surface area contributed by atoms with Gasteiger partial charge in [0.15, 0.2) is 15.8 Å². The maximum absolute atomic E-state index is 11.5. The molecule has 0 aromatic heterocycles. The van der Waals surface area contributed by atoms with Crippen LogP contribution in [0.5, 0.6) is 5.75 Å². The van der Waals surface area contributed by atoms with Crippen molar-refractivity contribution >= 4 is 39.8 Å². The van der Waals surface area contributed by atoms with E-state index in [0.717, 1.165) is 36.8 Å². The summed E-state index contributed by atoms with van der Waals surface area (Å²) in [5.74, 6) is 2.17. The van der Waals surface area contributed by atoms with Crippen LogP contribution in [-0.2, 0) is 16.4 Å². The van der Waals surface area contributed by atoms with Crippen molar-refractivity contribution in [2.45, 2.75) is 39.7 Å². The highest BCUT2D eigenvalue weighted by molar-refractivity contribution is 14.0. The van der Waals surface area contributed by atoms with Gasteiger partial charge >= 0.3 is 0 Å². The zero-order valence-electron chi connectivity index (χ0n) is 18.4. The molecule has 2 rings (SSSR count). The molecule has 9 heteroatoms. The number of nitrogens with one attached hydrogen (secondary N) is 2. The average molecular weight is 553 g/mol. The van der Waals surface area contributed by atoms with Crippen LogP contribution < -0.4 is 15.4 Å². The van der Waals surface area contributed by atoms with Gasteiger partial charge in [-0.15, -0.1) is 24.0 Å². The van der Waals surface area contributed by atoms with Gasteiger partial charge in [-0.05, 0) is 25.0 Å². The van der Waals surface area contributed by atoms with Crippen molar-refractivity contribution in [1.82, 2.24) is 15.5 Å². The number of guanidine groups is 1. The first kappa shape index (κ1) is 27.0. The van der Waals surface area contributed by atoms with Crippen LogP contribution in [0.4, 0.5) is 0 Å². The summed E-state index contributed by atoms with van der Waals surface area (Å²) in [4.78, 5) is 6.45. The largest absolute Gasteiger partial charge is 0.493 e. The van der Waals surface area contributed by atoms with Crippen LogP contribution >= 0.6 is 24.0 Å². The lowest BCUT2D eigenvalue weighted by Gasteiger charge is -2.26. The number of aliphatic imine (C=N–C) groups is 1. The van der Waals surface area contributed by atoms with Crippen LogP contribution in [0.1, 0.15) is 37.3 Å². The van der Waals surface area contributed by atoms with Crippen LogP contribution in [0.2, 0.25) is 0 Å². The molecule has 0 radical (unpaired) electrons. The number of hydrogen-bond acceptors (Lipinski definition) is 5. The molecule has 2 N–H and O–H groups in total. The number of hydrogen-bond donors (Lipinski definition) is 2. The average Bonchev–Trinajstić information content (AvgIpc) is 2.70. The molecule has 0 amide bonds. The monoisotopic (exact) mass is 552 g/mol. The van der Waals surface area contributed by atoms with Crippen molar-refractivity contribution in [3.63, 3.8) is 0 Å². The van der Waals surface area contributed by atoms with Gasteiger partial charge in [0.2, 0.25) is 0 Å². The van der Waals surface area contributed by atoms with E-state index in [1.807, 2.05) is 0 Å². The number of aryl methyl sites for hydroxylation is 1. The van der Waals surface area contributed by atoms with E-state index in [-0.39, 0.29) is 35.5 Å². The molecule has 0 saturated carbocycles. The van der Waals surface area contributed by atoms with E-state index in [4.69, 9.17) is 4.74 Å². The first-order valence-electron chi connectivity index (χ1n) is 10.5. The SMILES string of the molecule is CCCCCOc1cc(C)ccc1CNC(=NC)NCCN1CCS(=O)(=O)CC1.I. The Labute approximate surface area is 199 Å². The second-order valence-corrected chi connectivity index (χ2v) is 9.82. The number of benzene rings is 1. The lowest BCUT2D eigenvalue weighted by Crippen LogP contribution is -2.45. The highest BCUT2D eigenvalue weighted by Crippen LogP contribution is 2.20. The van der Waals surface area contributed by atoms with Crippen molar-refractivity contribution in [3.05, 3.63) is 29.3 Å². The fourth-order valence-electron chi connectivity index (χ4n) is 3.18. The Morgan fingerprint density at radius 2 is 1.93 bits per heavy atom. The van der Waals surface area contributed by atoms with Gasteiger partial charge in [0.25, 0.3) is 0 Å². The van der Waals surface area contributed by atoms with Crippen LogP contribution in [0.15, 0.2) is 23.2 Å². The lowest BCUT2D eigenvalue weighted by atomic mass is 10.1. The number of nitrogens with zero attached hydrogens (tertiary/aromatic N) is 2. The number of unbranched alkanes of at least 4 members (excludes halogenated alkanes) is 2. The third-order valence-electron chi connectivity index (χ3n) is 5.06. The van der Waals surface area contributed by atoms with E-state index in [1.165, 1.54) is 18.4 Å². The first-order valence-corrected chi connectivity index (χ1v) is 12.4. The molecular formula is C21H37IN4O3S. The predicted octanol–water partition coefficient (Wildman–Crippen LogP) is 2.58. The molecular weight excluding hydrogens is 515 g/mol. The van der Waals surface area contributed by atoms with Crippen molar-refractivity contribution in [3.8, 4) is 5.75 Å². The molecule has 1 fully saturated rings. The second-order valence-electron chi connectivity index (χ2n) is 7.51. The molecule has 0 bridgehead atoms. The topological polar surface area (TPSA) is 83.0 Å². The Bertz CT molecular complexity index is 758. The summed E-state index contributed by atoms with van der Waals surface area (Å²) in [7, 11) is -1.08. The Kier molecular flexibility index (Phi) is 12.7. The Balaban J connectivity index is 0.00000450. The number of halogens is 1. The normalized spacial score (nSPS) is 16.6. The number of rotatable bonds is 10. The highest BCUT2D eigenvalue weighted by atomic mass is 127. The molecule has 172 valence electrons. The Hall–Kier alpha value is -1.07. The van der Waals surface area contributed by atoms with Crippen molar-refractivity contribution in [1.29, 1.82) is 0 Å². The maximum Gasteiger partial charge on any atom is 0.191 e. The van der Waals surface area contributed by atoms with E-state index in [2.05, 4.69) is 52.6 Å². The summed E-state index contributed by atoms with van der Waals surface area (Å²) < 4.78 is 29.0. The number of ether oxygens (including phenoxy) is 1. The molecule has 1 saturated heterocycles. The minimum absolute atomic E-state index is 0. The minimum atomic E-state index is -2.83. The Morgan fingerprint density at radius 1 is 1.20 bits per heavy atom. The zero-order valence-corrected chi connectivity index (χ0v) is 21.6. The smallest absolute Gasteiger partial charge is 0.191 e. The van der Waals surface area contributed by atoms with E-state index >= 15 is 0 Å². The van der Waals surface area contributed by atoms with Crippen molar-refractivity contribution < 1.29 is 13.2 Å². The van der Waals surface area contributed by atoms with E-state index in [1.54, 1.807) is 7.05 Å². The van der Waals surface area contributed by atoms with Gasteiger partial charge in [-0.2, -0.15) is 0 Å². The summed E-state index contributed by atoms with van der Waals surface area (Å²) >= 11 is 0. The molecule has 1 aliphatic heterocycles. The van der Waals surface area contributed by atoms with E-state index in [0.29, 0.717) is 26.2 Å². The molecule has 7 nitrogen and oxygen atoms in total. The molecule has 0 unspecified atom stereocenters. The second kappa shape index (κ2) is 14.1. The van der Waals surface area contributed by atoms with Gasteiger partial charge in [-0.25, -0.2) is 8.42 Å². The molecule has 1 aromatic carbocycles. The summed E-state index contributed by atoms with van der Waals surface area (Å²) in [6.45, 7) is 8.36. The van der Waals surface area contributed by atoms with Crippen LogP contribution in [0, 0.1) is 6.92 Å². The van der Waals surface area contributed by atoms with Crippen molar-refractivity contribution in [2.75, 3.05) is 51.3 Å². The fourth-order valence-corrected chi connectivity index (χ4v) is 4.46. The van der Waals surface area contributed by atoms with Gasteiger partial charge in [0, 0.05) is 45.3 Å². The molecule has 0 aliphatic carbocycles. The number of sulfone groups is 1. The van der Waals surface area contributed by atoms with Crippen LogP contribution in [0.25, 0.3) is 0 Å². The van der Waals surface area contributed by atoms with E-state index in [9.17, 15) is 8.42 Å². The molecule has 0 spiro atoms. The Morgan fingerprint density at radius 3 is 2.60 bits per heavy atom. The minimum Gasteiger partial charge on any atom is -0.493 e. The quantitative estimate of drug-likeness (QED) is 0.201. The predicted molar refractivity (Wildman–Crippen MR) is 135 cm³/mol. The molecule has 0 atom stereocenters. The molecule has 1 aromatic rings. The van der Waals surface area contributed by atoms with Gasteiger partial charge in [-0.3, -0.25) is 9.89 Å². The molecule has 1 aliphatic rings. The summed E-state index contributed by atoms with van der Waals surface area (Å²) in [6.07, 6.45) is 3.43. The zero-order chi connectivity index (χ0) is 21.1. The molecule has 1 heterocycles. The maximum atomic E-state index is 11.5. The highest BCUT2D eigenvalue weighted by Gasteiger charge is 2.20. The van der Waals surface area contributed by atoms with Crippen molar-refractivity contribution in [2.24, 2.45) is 4.99 Å². The fraction of sp³-hybridized carbons (Fsp3) is 0.667. The van der Waals surface area contributed by atoms with Gasteiger partial charge in [0.1, 0.15) is 5.75 Å². The van der Waals surface area contributed by atoms with Crippen LogP contribution in [0.3, 0.4) is 0 Å². The third kappa shape index (κ3) is 9.82. The molecule has 30 heavy (non-hydrogen) atoms. The summed E-state index contributed by atoms with van der Waals surface area (Å²) in [5, 5.41) is 6.65. The lowest BCUT2D eigenvalue weighted by molar-refractivity contribution is 0.299. The van der Waals surface area contributed by atoms with Gasteiger partial charge < -0.3 is 15.4 Å². The summed E-state index contributed by atoms with van der Waals surface area (Å²) in [6, 6.07) is 6.28. The first-order chi connectivity index (χ1) is 13.9. The third-order valence-corrected chi connectivity index (χ3v) is 6.66. The standard InChI is InChI=1S/C21H36N4O3S.HI/c1-4-5-6-13-28-20-16-18(2)7-8-19(20)17-24-21(22-3)23-9-10-25-11-14-29(26,27)15-12-25;/h7-8,16H,4-6,9-15,17H2,1-3H3,(H2,22,23,24);1H.